The van der Waals surface area contributed by atoms with Gasteiger partial charge < -0.3 is 14.5 Å². The van der Waals surface area contributed by atoms with Crippen molar-refractivity contribution in [3.8, 4) is 11.4 Å². The predicted molar refractivity (Wildman–Crippen MR) is 89.4 cm³/mol. The zero-order valence-corrected chi connectivity index (χ0v) is 14.1. The molecule has 128 valence electrons. The first-order valence-corrected chi connectivity index (χ1v) is 8.37. The molecule has 1 amide bonds. The number of carbonyl (C=O) groups excluding carboxylic acids is 1. The second-order valence-electron chi connectivity index (χ2n) is 6.49. The summed E-state index contributed by atoms with van der Waals surface area (Å²) in [5.74, 6) is 1.38. The minimum atomic E-state index is 0.00418. The van der Waals surface area contributed by atoms with Crippen LogP contribution < -0.4 is 0 Å². The predicted octanol–water partition coefficient (Wildman–Crippen LogP) is 2.67. The van der Waals surface area contributed by atoms with E-state index in [9.17, 15) is 9.90 Å². The number of aliphatic hydroxyl groups is 1. The maximum absolute atomic E-state index is 12.8. The molecule has 0 saturated heterocycles. The lowest BCUT2D eigenvalue weighted by Gasteiger charge is -2.34. The molecule has 0 bridgehead atoms. The fraction of sp³-hybridized carbons (Fsp3) is 0.500. The number of hydrogen-bond acceptors (Lipinski definition) is 5. The Morgan fingerprint density at radius 2 is 2.08 bits per heavy atom. The molecule has 0 radical (unpaired) electrons. The minimum Gasteiger partial charge on any atom is -0.396 e. The van der Waals surface area contributed by atoms with Crippen molar-refractivity contribution in [1.82, 2.24) is 15.0 Å². The van der Waals surface area contributed by atoms with E-state index in [1.807, 2.05) is 36.2 Å². The average Bonchev–Trinajstić information content (AvgIpc) is 3.07. The Balaban J connectivity index is 1.73. The summed E-state index contributed by atoms with van der Waals surface area (Å²) in [5.41, 5.74) is 1.40. The van der Waals surface area contributed by atoms with Crippen molar-refractivity contribution >= 4 is 5.91 Å². The first-order chi connectivity index (χ1) is 11.6. The molecule has 1 heterocycles. The molecule has 0 atom stereocenters. The zero-order chi connectivity index (χ0) is 17.1. The van der Waals surface area contributed by atoms with Gasteiger partial charge in [0.25, 0.3) is 5.91 Å². The van der Waals surface area contributed by atoms with Crippen LogP contribution in [0.3, 0.4) is 0 Å². The second kappa shape index (κ2) is 7.13. The fourth-order valence-corrected chi connectivity index (χ4v) is 3.29. The third kappa shape index (κ3) is 3.48. The number of benzene rings is 1. The summed E-state index contributed by atoms with van der Waals surface area (Å²) < 4.78 is 5.01. The summed E-state index contributed by atoms with van der Waals surface area (Å²) in [6, 6.07) is 7.56. The van der Waals surface area contributed by atoms with Crippen LogP contribution in [0.4, 0.5) is 0 Å². The Bertz CT molecular complexity index is 705. The van der Waals surface area contributed by atoms with Gasteiger partial charge in [-0.2, -0.15) is 4.98 Å². The van der Waals surface area contributed by atoms with Gasteiger partial charge in [0.05, 0.1) is 0 Å². The largest absolute Gasteiger partial charge is 0.396 e. The summed E-state index contributed by atoms with van der Waals surface area (Å²) >= 11 is 0. The monoisotopic (exact) mass is 329 g/mol. The SMILES string of the molecule is Cc1nc(-c2cccc(C(=O)N(C)C3CCC(CO)CC3)c2)no1. The summed E-state index contributed by atoms with van der Waals surface area (Å²) in [6.07, 6.45) is 3.83. The van der Waals surface area contributed by atoms with E-state index in [1.165, 1.54) is 0 Å². The van der Waals surface area contributed by atoms with E-state index in [1.54, 1.807) is 6.92 Å². The molecule has 1 N–H and O–H groups in total. The molecule has 6 heteroatoms. The van der Waals surface area contributed by atoms with Crippen LogP contribution in [0.5, 0.6) is 0 Å². The Morgan fingerprint density at radius 1 is 1.33 bits per heavy atom. The van der Waals surface area contributed by atoms with Crippen LogP contribution >= 0.6 is 0 Å². The summed E-state index contributed by atoms with van der Waals surface area (Å²) in [6.45, 7) is 1.98. The summed E-state index contributed by atoms with van der Waals surface area (Å²) in [4.78, 5) is 18.8. The lowest BCUT2D eigenvalue weighted by atomic mass is 9.86. The molecular formula is C18H23N3O3. The highest BCUT2D eigenvalue weighted by Crippen LogP contribution is 2.28. The van der Waals surface area contributed by atoms with Crippen molar-refractivity contribution in [1.29, 1.82) is 0 Å². The van der Waals surface area contributed by atoms with E-state index >= 15 is 0 Å². The maximum Gasteiger partial charge on any atom is 0.253 e. The van der Waals surface area contributed by atoms with E-state index in [4.69, 9.17) is 4.52 Å². The van der Waals surface area contributed by atoms with Gasteiger partial charge in [0.2, 0.25) is 11.7 Å². The van der Waals surface area contributed by atoms with Gasteiger partial charge in [-0.25, -0.2) is 0 Å². The van der Waals surface area contributed by atoms with Crippen LogP contribution in [-0.4, -0.2) is 45.8 Å². The van der Waals surface area contributed by atoms with Crippen LogP contribution in [0.15, 0.2) is 28.8 Å². The number of rotatable bonds is 4. The third-order valence-electron chi connectivity index (χ3n) is 4.84. The van der Waals surface area contributed by atoms with Crippen LogP contribution in [0, 0.1) is 12.8 Å². The maximum atomic E-state index is 12.8. The van der Waals surface area contributed by atoms with Crippen LogP contribution in [-0.2, 0) is 0 Å². The topological polar surface area (TPSA) is 79.5 Å². The molecule has 2 aromatic rings. The molecule has 0 spiro atoms. The van der Waals surface area contributed by atoms with E-state index in [0.29, 0.717) is 23.2 Å². The highest BCUT2D eigenvalue weighted by atomic mass is 16.5. The molecule has 1 aromatic heterocycles. The van der Waals surface area contributed by atoms with Crippen LogP contribution in [0.2, 0.25) is 0 Å². The number of carbonyl (C=O) groups is 1. The molecule has 24 heavy (non-hydrogen) atoms. The van der Waals surface area contributed by atoms with Gasteiger partial charge in [-0.05, 0) is 43.7 Å². The van der Waals surface area contributed by atoms with Crippen LogP contribution in [0.1, 0.15) is 41.9 Å². The highest BCUT2D eigenvalue weighted by molar-refractivity contribution is 5.95. The first kappa shape index (κ1) is 16.6. The Labute approximate surface area is 141 Å². The Morgan fingerprint density at radius 3 is 2.71 bits per heavy atom. The van der Waals surface area contributed by atoms with E-state index < -0.39 is 0 Å². The van der Waals surface area contributed by atoms with Gasteiger partial charge in [0.15, 0.2) is 0 Å². The number of nitrogens with zero attached hydrogens (tertiary/aromatic N) is 3. The normalized spacial score (nSPS) is 20.8. The summed E-state index contributed by atoms with van der Waals surface area (Å²) in [5, 5.41) is 13.1. The molecule has 6 nitrogen and oxygen atoms in total. The van der Waals surface area contributed by atoms with E-state index in [2.05, 4.69) is 10.1 Å². The highest BCUT2D eigenvalue weighted by Gasteiger charge is 2.27. The molecule has 1 fully saturated rings. The van der Waals surface area contributed by atoms with Gasteiger partial charge in [-0.3, -0.25) is 4.79 Å². The van der Waals surface area contributed by atoms with Crippen molar-refractivity contribution in [2.24, 2.45) is 5.92 Å². The number of hydrogen-bond donors (Lipinski definition) is 1. The van der Waals surface area contributed by atoms with Crippen molar-refractivity contribution < 1.29 is 14.4 Å². The summed E-state index contributed by atoms with van der Waals surface area (Å²) in [7, 11) is 1.86. The Hall–Kier alpha value is -2.21. The number of aryl methyl sites for hydroxylation is 1. The van der Waals surface area contributed by atoms with Crippen molar-refractivity contribution in [3.63, 3.8) is 0 Å². The Kier molecular flexibility index (Phi) is 4.94. The zero-order valence-electron chi connectivity index (χ0n) is 14.1. The lowest BCUT2D eigenvalue weighted by Crippen LogP contribution is -2.39. The standard InChI is InChI=1S/C18H23N3O3/c1-12-19-17(20-24-12)14-4-3-5-15(10-14)18(23)21(2)16-8-6-13(11-22)7-9-16/h3-5,10,13,16,22H,6-9,11H2,1-2H3. The molecule has 0 unspecified atom stereocenters. The smallest absolute Gasteiger partial charge is 0.253 e. The fourth-order valence-electron chi connectivity index (χ4n) is 3.29. The van der Waals surface area contributed by atoms with Crippen LogP contribution in [0.25, 0.3) is 11.4 Å². The minimum absolute atomic E-state index is 0.00418. The van der Waals surface area contributed by atoms with Gasteiger partial charge in [0, 0.05) is 37.7 Å². The van der Waals surface area contributed by atoms with Gasteiger partial charge in [0.1, 0.15) is 0 Å². The molecular weight excluding hydrogens is 306 g/mol. The molecule has 1 aliphatic carbocycles. The third-order valence-corrected chi connectivity index (χ3v) is 4.84. The van der Waals surface area contributed by atoms with Crippen molar-refractivity contribution in [3.05, 3.63) is 35.7 Å². The van der Waals surface area contributed by atoms with E-state index in [-0.39, 0.29) is 18.6 Å². The van der Waals surface area contributed by atoms with E-state index in [0.717, 1.165) is 31.2 Å². The number of aliphatic hydroxyl groups excluding tert-OH is 1. The van der Waals surface area contributed by atoms with Crippen molar-refractivity contribution in [2.45, 2.75) is 38.6 Å². The van der Waals surface area contributed by atoms with Gasteiger partial charge >= 0.3 is 0 Å². The van der Waals surface area contributed by atoms with Crippen molar-refractivity contribution in [2.75, 3.05) is 13.7 Å². The molecule has 1 aromatic carbocycles. The number of amides is 1. The quantitative estimate of drug-likeness (QED) is 0.933. The first-order valence-electron chi connectivity index (χ1n) is 8.37. The molecule has 1 aliphatic rings. The molecule has 3 rings (SSSR count). The lowest BCUT2D eigenvalue weighted by molar-refractivity contribution is 0.0653. The van der Waals surface area contributed by atoms with Gasteiger partial charge in [-0.1, -0.05) is 17.3 Å². The molecule has 0 aliphatic heterocycles. The second-order valence-corrected chi connectivity index (χ2v) is 6.49. The molecule has 1 saturated carbocycles. The number of aromatic nitrogens is 2. The van der Waals surface area contributed by atoms with Gasteiger partial charge in [-0.15, -0.1) is 0 Å². The average molecular weight is 329 g/mol.